The molecule has 1 aromatic carbocycles. The Balaban J connectivity index is 1.69. The molecule has 3 atom stereocenters. The Morgan fingerprint density at radius 2 is 1.93 bits per heavy atom. The van der Waals surface area contributed by atoms with Crippen molar-refractivity contribution < 1.29 is 9.90 Å². The molecule has 29 heavy (non-hydrogen) atoms. The fraction of sp³-hybridized carbons (Fsp3) is 0.542. The third kappa shape index (κ3) is 5.98. The summed E-state index contributed by atoms with van der Waals surface area (Å²) in [5.41, 5.74) is 2.54. The van der Waals surface area contributed by atoms with E-state index in [1.54, 1.807) is 11.3 Å². The van der Waals surface area contributed by atoms with E-state index < -0.39 is 0 Å². The minimum Gasteiger partial charge on any atom is -0.396 e. The molecule has 3 N–H and O–H groups in total. The second-order valence-electron chi connectivity index (χ2n) is 8.14. The van der Waals surface area contributed by atoms with Gasteiger partial charge in [-0.05, 0) is 81.8 Å². The zero-order valence-electron chi connectivity index (χ0n) is 17.6. The van der Waals surface area contributed by atoms with Gasteiger partial charge in [-0.1, -0.05) is 24.3 Å². The lowest BCUT2D eigenvalue weighted by atomic mass is 9.71. The zero-order valence-corrected chi connectivity index (χ0v) is 18.4. The van der Waals surface area contributed by atoms with Crippen molar-refractivity contribution in [3.05, 3.63) is 57.3 Å². The van der Waals surface area contributed by atoms with Crippen LogP contribution in [-0.4, -0.2) is 37.1 Å². The zero-order chi connectivity index (χ0) is 20.6. The molecule has 4 nitrogen and oxygen atoms in total. The van der Waals surface area contributed by atoms with Crippen LogP contribution in [0.1, 0.15) is 63.7 Å². The molecule has 0 saturated heterocycles. The molecule has 5 heteroatoms. The maximum Gasteiger partial charge on any atom is 0.176 e. The van der Waals surface area contributed by atoms with Crippen LogP contribution in [0.5, 0.6) is 0 Å². The molecule has 158 valence electrons. The fourth-order valence-electron chi connectivity index (χ4n) is 4.34. The summed E-state index contributed by atoms with van der Waals surface area (Å²) < 4.78 is 0. The van der Waals surface area contributed by atoms with Crippen molar-refractivity contribution in [1.29, 1.82) is 0 Å². The summed E-state index contributed by atoms with van der Waals surface area (Å²) in [6, 6.07) is 13.3. The molecular weight excluding hydrogens is 380 g/mol. The monoisotopic (exact) mass is 414 g/mol. The SMILES string of the molecule is CNC1CCC(C(=O)c2ccc(C)s2)C(c2ccc(CNCCCCO)cc2)C1. The molecule has 0 radical (unpaired) electrons. The smallest absolute Gasteiger partial charge is 0.176 e. The number of hydrogen-bond donors (Lipinski definition) is 3. The van der Waals surface area contributed by atoms with Gasteiger partial charge in [0.2, 0.25) is 0 Å². The lowest BCUT2D eigenvalue weighted by Gasteiger charge is -2.35. The first-order valence-corrected chi connectivity index (χ1v) is 11.6. The summed E-state index contributed by atoms with van der Waals surface area (Å²) in [6.45, 7) is 4.08. The molecule has 0 spiro atoms. The van der Waals surface area contributed by atoms with Gasteiger partial charge in [-0.2, -0.15) is 0 Å². The molecule has 1 saturated carbocycles. The Bertz CT molecular complexity index is 771. The highest BCUT2D eigenvalue weighted by Crippen LogP contribution is 2.40. The highest BCUT2D eigenvalue weighted by molar-refractivity contribution is 7.14. The van der Waals surface area contributed by atoms with E-state index in [-0.39, 0.29) is 18.4 Å². The van der Waals surface area contributed by atoms with Gasteiger partial charge in [0.1, 0.15) is 0 Å². The average molecular weight is 415 g/mol. The highest BCUT2D eigenvalue weighted by Gasteiger charge is 2.36. The quantitative estimate of drug-likeness (QED) is 0.401. The number of carbonyl (C=O) groups excluding carboxylic acids is 1. The number of thiophene rings is 1. The largest absolute Gasteiger partial charge is 0.396 e. The standard InChI is InChI=1S/C24H34N2O2S/c1-17-5-12-23(29-17)24(28)21-11-10-20(25-2)15-22(21)19-8-6-18(7-9-19)16-26-13-3-4-14-27/h5-9,12,20-22,25-27H,3-4,10-11,13-16H2,1-2H3. The molecule has 1 fully saturated rings. The maximum absolute atomic E-state index is 13.2. The number of aliphatic hydroxyl groups excluding tert-OH is 1. The molecule has 1 heterocycles. The maximum atomic E-state index is 13.2. The molecule has 0 bridgehead atoms. The number of benzene rings is 1. The molecule has 1 aliphatic carbocycles. The fourth-order valence-corrected chi connectivity index (χ4v) is 5.21. The van der Waals surface area contributed by atoms with Gasteiger partial charge in [0, 0.05) is 30.0 Å². The summed E-state index contributed by atoms with van der Waals surface area (Å²) in [6.07, 6.45) is 4.85. The number of Topliss-reactive ketones (excluding diaryl/α,β-unsaturated/α-hetero) is 1. The average Bonchev–Trinajstić information content (AvgIpc) is 3.19. The van der Waals surface area contributed by atoms with E-state index in [9.17, 15) is 4.79 Å². The topological polar surface area (TPSA) is 61.4 Å². The molecule has 0 aliphatic heterocycles. The first kappa shape index (κ1) is 22.2. The van der Waals surface area contributed by atoms with E-state index in [1.807, 2.05) is 13.1 Å². The van der Waals surface area contributed by atoms with E-state index in [2.05, 4.69) is 47.9 Å². The number of rotatable bonds is 10. The Labute approximate surface area is 178 Å². The second kappa shape index (κ2) is 11.0. The molecule has 3 rings (SSSR count). The van der Waals surface area contributed by atoms with Crippen LogP contribution in [0.15, 0.2) is 36.4 Å². The van der Waals surface area contributed by atoms with E-state index in [1.165, 1.54) is 16.0 Å². The van der Waals surface area contributed by atoms with Crippen LogP contribution < -0.4 is 10.6 Å². The third-order valence-electron chi connectivity index (χ3n) is 6.08. The summed E-state index contributed by atoms with van der Waals surface area (Å²) in [4.78, 5) is 15.4. The van der Waals surface area contributed by atoms with Crippen molar-refractivity contribution in [3.8, 4) is 0 Å². The van der Waals surface area contributed by atoms with Crippen molar-refractivity contribution in [2.24, 2.45) is 5.92 Å². The highest BCUT2D eigenvalue weighted by atomic mass is 32.1. The second-order valence-corrected chi connectivity index (χ2v) is 9.42. The van der Waals surface area contributed by atoms with E-state index in [0.29, 0.717) is 11.8 Å². The lowest BCUT2D eigenvalue weighted by Crippen LogP contribution is -2.37. The van der Waals surface area contributed by atoms with Crippen LogP contribution in [0.3, 0.4) is 0 Å². The van der Waals surface area contributed by atoms with Crippen molar-refractivity contribution in [2.45, 2.75) is 57.5 Å². The number of aliphatic hydroxyl groups is 1. The van der Waals surface area contributed by atoms with Gasteiger partial charge in [-0.3, -0.25) is 4.79 Å². The summed E-state index contributed by atoms with van der Waals surface area (Å²) in [5.74, 6) is 0.653. The molecule has 0 amide bonds. The van der Waals surface area contributed by atoms with Crippen LogP contribution in [0.4, 0.5) is 0 Å². The predicted molar refractivity (Wildman–Crippen MR) is 121 cm³/mol. The number of carbonyl (C=O) groups is 1. The van der Waals surface area contributed by atoms with E-state index in [0.717, 1.165) is 50.1 Å². The first-order valence-electron chi connectivity index (χ1n) is 10.8. The molecule has 3 unspecified atom stereocenters. The third-order valence-corrected chi connectivity index (χ3v) is 7.09. The van der Waals surface area contributed by atoms with E-state index in [4.69, 9.17) is 5.11 Å². The summed E-state index contributed by atoms with van der Waals surface area (Å²) >= 11 is 1.62. The van der Waals surface area contributed by atoms with Gasteiger partial charge in [0.25, 0.3) is 0 Å². The van der Waals surface area contributed by atoms with Crippen LogP contribution in [0, 0.1) is 12.8 Å². The molecular formula is C24H34N2O2S. The number of aryl methyl sites for hydroxylation is 1. The summed E-state index contributed by atoms with van der Waals surface area (Å²) in [7, 11) is 2.03. The summed E-state index contributed by atoms with van der Waals surface area (Å²) in [5, 5.41) is 15.7. The van der Waals surface area contributed by atoms with Gasteiger partial charge in [0.15, 0.2) is 5.78 Å². The number of unbranched alkanes of at least 4 members (excludes halogenated alkanes) is 1. The normalized spacial score (nSPS) is 22.0. The van der Waals surface area contributed by atoms with Crippen molar-refractivity contribution in [3.63, 3.8) is 0 Å². The Hall–Kier alpha value is -1.53. The lowest BCUT2D eigenvalue weighted by molar-refractivity contribution is 0.0860. The van der Waals surface area contributed by atoms with Gasteiger partial charge in [-0.15, -0.1) is 11.3 Å². The van der Waals surface area contributed by atoms with Gasteiger partial charge in [0.05, 0.1) is 4.88 Å². The van der Waals surface area contributed by atoms with Gasteiger partial charge in [-0.25, -0.2) is 0 Å². The van der Waals surface area contributed by atoms with E-state index >= 15 is 0 Å². The number of nitrogens with one attached hydrogen (secondary N) is 2. The predicted octanol–water partition coefficient (Wildman–Crippen LogP) is 4.27. The van der Waals surface area contributed by atoms with Crippen molar-refractivity contribution >= 4 is 17.1 Å². The van der Waals surface area contributed by atoms with Crippen LogP contribution in [0.2, 0.25) is 0 Å². The van der Waals surface area contributed by atoms with Crippen LogP contribution in [0.25, 0.3) is 0 Å². The molecule has 1 aliphatic rings. The van der Waals surface area contributed by atoms with Gasteiger partial charge < -0.3 is 15.7 Å². The van der Waals surface area contributed by atoms with Crippen LogP contribution >= 0.6 is 11.3 Å². The molecule has 1 aromatic heterocycles. The number of hydrogen-bond acceptors (Lipinski definition) is 5. The van der Waals surface area contributed by atoms with Crippen LogP contribution in [-0.2, 0) is 6.54 Å². The first-order chi connectivity index (χ1) is 14.1. The Morgan fingerprint density at radius 3 is 2.59 bits per heavy atom. The van der Waals surface area contributed by atoms with Crippen molar-refractivity contribution in [1.82, 2.24) is 10.6 Å². The molecule has 2 aromatic rings. The Morgan fingerprint density at radius 1 is 1.14 bits per heavy atom. The number of ketones is 1. The van der Waals surface area contributed by atoms with Crippen molar-refractivity contribution in [2.75, 3.05) is 20.2 Å². The van der Waals surface area contributed by atoms with Gasteiger partial charge >= 0.3 is 0 Å². The minimum atomic E-state index is 0.0695. The Kier molecular flexibility index (Phi) is 8.42. The minimum absolute atomic E-state index is 0.0695.